The third-order valence-electron chi connectivity index (χ3n) is 2.68. The van der Waals surface area contributed by atoms with Gasteiger partial charge in [0.05, 0.1) is 0 Å². The van der Waals surface area contributed by atoms with E-state index in [1.165, 1.54) is 24.1 Å². The van der Waals surface area contributed by atoms with Crippen molar-refractivity contribution in [2.75, 3.05) is 7.05 Å². The summed E-state index contributed by atoms with van der Waals surface area (Å²) >= 11 is 0. The maximum atomic E-state index is 2.34. The van der Waals surface area contributed by atoms with Gasteiger partial charge >= 0.3 is 0 Å². The van der Waals surface area contributed by atoms with Crippen molar-refractivity contribution in [3.8, 4) is 0 Å². The van der Waals surface area contributed by atoms with E-state index in [4.69, 9.17) is 0 Å². The molecule has 0 bridgehead atoms. The van der Waals surface area contributed by atoms with E-state index in [-0.39, 0.29) is 5.54 Å². The zero-order valence-electron chi connectivity index (χ0n) is 9.52. The molecular weight excluding hydrogens is 158 g/mol. The maximum absolute atomic E-state index is 2.34. The number of nitrogens with zero attached hydrogens (tertiary/aromatic N) is 1. The van der Waals surface area contributed by atoms with Crippen LogP contribution in [0.25, 0.3) is 0 Å². The van der Waals surface area contributed by atoms with Crippen molar-refractivity contribution < 1.29 is 0 Å². The highest BCUT2D eigenvalue weighted by Crippen LogP contribution is 2.24. The summed E-state index contributed by atoms with van der Waals surface area (Å²) < 4.78 is 0. The summed E-state index contributed by atoms with van der Waals surface area (Å²) in [6.45, 7) is 8.94. The van der Waals surface area contributed by atoms with Crippen LogP contribution in [0, 0.1) is 0 Å². The molecule has 1 aliphatic rings. The SMILES string of the molecule is CC1=CC(N(C)C(C)(C)C)=CCC1. The lowest BCUT2D eigenvalue weighted by Gasteiger charge is -2.36. The first-order valence-corrected chi connectivity index (χ1v) is 5.02. The molecule has 0 saturated heterocycles. The minimum absolute atomic E-state index is 0.222. The second-order valence-electron chi connectivity index (χ2n) is 4.89. The Hall–Kier alpha value is -0.720. The number of hydrogen-bond acceptors (Lipinski definition) is 1. The Morgan fingerprint density at radius 1 is 1.31 bits per heavy atom. The van der Waals surface area contributed by atoms with Crippen LogP contribution in [0.4, 0.5) is 0 Å². The third-order valence-corrected chi connectivity index (χ3v) is 2.68. The molecule has 1 aliphatic carbocycles. The molecule has 0 aliphatic heterocycles. The van der Waals surface area contributed by atoms with Crippen molar-refractivity contribution in [2.45, 2.75) is 46.1 Å². The first-order valence-electron chi connectivity index (χ1n) is 5.02. The van der Waals surface area contributed by atoms with Crippen molar-refractivity contribution >= 4 is 0 Å². The van der Waals surface area contributed by atoms with Gasteiger partial charge in [0.15, 0.2) is 0 Å². The van der Waals surface area contributed by atoms with Gasteiger partial charge in [0.25, 0.3) is 0 Å². The molecule has 0 N–H and O–H groups in total. The molecule has 1 nitrogen and oxygen atoms in total. The molecule has 0 fully saturated rings. The van der Waals surface area contributed by atoms with Crippen LogP contribution in [0.15, 0.2) is 23.4 Å². The maximum Gasteiger partial charge on any atom is 0.0326 e. The molecule has 0 unspecified atom stereocenters. The molecule has 0 aromatic carbocycles. The molecule has 0 atom stereocenters. The summed E-state index contributed by atoms with van der Waals surface area (Å²) in [5.41, 5.74) is 3.09. The quantitative estimate of drug-likeness (QED) is 0.596. The largest absolute Gasteiger partial charge is 0.370 e. The number of likely N-dealkylation sites (N-methyl/N-ethyl adjacent to an activating group) is 1. The van der Waals surface area contributed by atoms with Crippen LogP contribution < -0.4 is 0 Å². The minimum atomic E-state index is 0.222. The minimum Gasteiger partial charge on any atom is -0.370 e. The van der Waals surface area contributed by atoms with E-state index in [2.05, 4.69) is 51.8 Å². The molecule has 0 aromatic heterocycles. The average molecular weight is 179 g/mol. The molecule has 0 radical (unpaired) electrons. The first kappa shape index (κ1) is 10.4. The second-order valence-corrected chi connectivity index (χ2v) is 4.89. The van der Waals surface area contributed by atoms with Crippen LogP contribution in [-0.2, 0) is 0 Å². The summed E-state index contributed by atoms with van der Waals surface area (Å²) in [5.74, 6) is 0. The van der Waals surface area contributed by atoms with Gasteiger partial charge in [-0.05, 0) is 46.6 Å². The fourth-order valence-corrected chi connectivity index (χ4v) is 1.45. The summed E-state index contributed by atoms with van der Waals surface area (Å²) in [4.78, 5) is 2.34. The first-order chi connectivity index (χ1) is 5.91. The van der Waals surface area contributed by atoms with Crippen molar-refractivity contribution in [1.29, 1.82) is 0 Å². The van der Waals surface area contributed by atoms with Crippen LogP contribution in [-0.4, -0.2) is 17.5 Å². The van der Waals surface area contributed by atoms with Gasteiger partial charge in [-0.2, -0.15) is 0 Å². The van der Waals surface area contributed by atoms with E-state index >= 15 is 0 Å². The van der Waals surface area contributed by atoms with Crippen molar-refractivity contribution in [3.63, 3.8) is 0 Å². The van der Waals surface area contributed by atoms with Crippen LogP contribution in [0.1, 0.15) is 40.5 Å². The van der Waals surface area contributed by atoms with Crippen LogP contribution >= 0.6 is 0 Å². The highest BCUT2D eigenvalue weighted by molar-refractivity contribution is 5.26. The summed E-state index contributed by atoms with van der Waals surface area (Å²) in [6, 6.07) is 0. The molecule has 1 heteroatoms. The van der Waals surface area contributed by atoms with Gasteiger partial charge in [0.1, 0.15) is 0 Å². The van der Waals surface area contributed by atoms with Gasteiger partial charge in [-0.1, -0.05) is 11.6 Å². The van der Waals surface area contributed by atoms with Crippen molar-refractivity contribution in [3.05, 3.63) is 23.4 Å². The smallest absolute Gasteiger partial charge is 0.0326 e. The fourth-order valence-electron chi connectivity index (χ4n) is 1.45. The average Bonchev–Trinajstić information content (AvgIpc) is 2.01. The summed E-state index contributed by atoms with van der Waals surface area (Å²) in [7, 11) is 2.17. The number of rotatable bonds is 1. The predicted molar refractivity (Wildman–Crippen MR) is 58.6 cm³/mol. The Morgan fingerprint density at radius 2 is 1.92 bits per heavy atom. The Balaban J connectivity index is 2.79. The number of allylic oxidation sites excluding steroid dienone is 3. The monoisotopic (exact) mass is 179 g/mol. The molecule has 0 spiro atoms. The molecule has 0 amide bonds. The van der Waals surface area contributed by atoms with Gasteiger partial charge in [0, 0.05) is 18.3 Å². The Labute approximate surface area is 82.1 Å². The van der Waals surface area contributed by atoms with E-state index in [1.807, 2.05) is 0 Å². The molecule has 74 valence electrons. The molecule has 1 rings (SSSR count). The predicted octanol–water partition coefficient (Wildman–Crippen LogP) is 3.34. The van der Waals surface area contributed by atoms with E-state index in [9.17, 15) is 0 Å². The Morgan fingerprint density at radius 3 is 2.38 bits per heavy atom. The van der Waals surface area contributed by atoms with Crippen LogP contribution in [0.3, 0.4) is 0 Å². The third kappa shape index (κ3) is 2.61. The van der Waals surface area contributed by atoms with Crippen LogP contribution in [0.5, 0.6) is 0 Å². The normalized spacial score (nSPS) is 17.9. The molecule has 0 heterocycles. The summed E-state index contributed by atoms with van der Waals surface area (Å²) in [5, 5.41) is 0. The van der Waals surface area contributed by atoms with E-state index in [0.717, 1.165) is 0 Å². The molecule has 0 saturated carbocycles. The number of hydrogen-bond donors (Lipinski definition) is 0. The van der Waals surface area contributed by atoms with E-state index in [0.29, 0.717) is 0 Å². The lowest BCUT2D eigenvalue weighted by molar-refractivity contribution is 0.233. The van der Waals surface area contributed by atoms with Gasteiger partial charge in [-0.15, -0.1) is 0 Å². The van der Waals surface area contributed by atoms with Gasteiger partial charge in [-0.25, -0.2) is 0 Å². The van der Waals surface area contributed by atoms with Crippen LogP contribution in [0.2, 0.25) is 0 Å². The molecule has 13 heavy (non-hydrogen) atoms. The topological polar surface area (TPSA) is 3.24 Å². The molecule has 0 aromatic rings. The van der Waals surface area contributed by atoms with Crippen molar-refractivity contribution in [2.24, 2.45) is 0 Å². The molecular formula is C12H21N. The Kier molecular flexibility index (Phi) is 2.84. The van der Waals surface area contributed by atoms with E-state index < -0.39 is 0 Å². The van der Waals surface area contributed by atoms with Crippen molar-refractivity contribution in [1.82, 2.24) is 4.90 Å². The van der Waals surface area contributed by atoms with Gasteiger partial charge in [0.2, 0.25) is 0 Å². The van der Waals surface area contributed by atoms with Gasteiger partial charge < -0.3 is 4.90 Å². The second kappa shape index (κ2) is 3.57. The highest BCUT2D eigenvalue weighted by Gasteiger charge is 2.19. The summed E-state index contributed by atoms with van der Waals surface area (Å²) in [6.07, 6.45) is 7.05. The lowest BCUT2D eigenvalue weighted by Crippen LogP contribution is -2.37. The lowest BCUT2D eigenvalue weighted by atomic mass is 10.0. The standard InChI is InChI=1S/C12H21N/c1-10-7-6-8-11(9-10)13(5)12(2,3)4/h8-9H,6-7H2,1-5H3. The highest BCUT2D eigenvalue weighted by atomic mass is 15.2. The zero-order valence-corrected chi connectivity index (χ0v) is 9.52. The Bertz CT molecular complexity index is 240. The van der Waals surface area contributed by atoms with Gasteiger partial charge in [-0.3, -0.25) is 0 Å². The fraction of sp³-hybridized carbons (Fsp3) is 0.667. The van der Waals surface area contributed by atoms with E-state index in [1.54, 1.807) is 0 Å². The zero-order chi connectivity index (χ0) is 10.1.